The van der Waals surface area contributed by atoms with Crippen LogP contribution in [-0.2, 0) is 10.0 Å². The quantitative estimate of drug-likeness (QED) is 0.170. The van der Waals surface area contributed by atoms with Crippen molar-refractivity contribution in [3.8, 4) is 33.9 Å². The summed E-state index contributed by atoms with van der Waals surface area (Å²) in [6.45, 7) is 1.59. The lowest BCUT2D eigenvalue weighted by Crippen LogP contribution is -2.25. The van der Waals surface area contributed by atoms with Crippen molar-refractivity contribution in [2.75, 3.05) is 24.7 Å². The van der Waals surface area contributed by atoms with E-state index in [4.69, 9.17) is 8.83 Å². The van der Waals surface area contributed by atoms with Gasteiger partial charge < -0.3 is 14.2 Å². The second kappa shape index (κ2) is 11.5. The number of hydrogen-bond acceptors (Lipinski definition) is 8. The number of hydrogen-bond donors (Lipinski definition) is 1. The lowest BCUT2D eigenvalue weighted by Gasteiger charge is -2.21. The summed E-state index contributed by atoms with van der Waals surface area (Å²) in [4.78, 5) is 29.3. The fraction of sp³-hybridized carbons (Fsp3) is 0.152. The van der Waals surface area contributed by atoms with Crippen molar-refractivity contribution in [3.63, 3.8) is 0 Å². The minimum absolute atomic E-state index is 0.0203. The molecular weight excluding hydrogens is 618 g/mol. The second-order valence-electron chi connectivity index (χ2n) is 10.7. The third-order valence-corrected chi connectivity index (χ3v) is 8.92. The molecular formula is C33H26F2N4O6S. The van der Waals surface area contributed by atoms with Crippen LogP contribution in [0.5, 0.6) is 0 Å². The van der Waals surface area contributed by atoms with E-state index in [0.717, 1.165) is 10.6 Å². The molecule has 234 valence electrons. The molecule has 2 heterocycles. The third kappa shape index (κ3) is 5.38. The van der Waals surface area contributed by atoms with Crippen LogP contribution in [0.25, 0.3) is 56.0 Å². The third-order valence-electron chi connectivity index (χ3n) is 7.73. The van der Waals surface area contributed by atoms with Gasteiger partial charge in [0.2, 0.25) is 15.9 Å². The number of oxazole rings is 1. The summed E-state index contributed by atoms with van der Waals surface area (Å²) in [6.07, 6.45) is 1.04. The van der Waals surface area contributed by atoms with Crippen molar-refractivity contribution in [2.24, 2.45) is 5.18 Å². The van der Waals surface area contributed by atoms with Gasteiger partial charge in [0.05, 0.1) is 17.5 Å². The first-order chi connectivity index (χ1) is 21.9. The first-order valence-electron chi connectivity index (χ1n) is 13.9. The zero-order valence-electron chi connectivity index (χ0n) is 25.0. The smallest absolute Gasteiger partial charge is 0.255 e. The van der Waals surface area contributed by atoms with Crippen molar-refractivity contribution in [2.45, 2.75) is 13.0 Å². The molecule has 6 rings (SSSR count). The molecule has 0 spiro atoms. The Morgan fingerprint density at radius 3 is 2.33 bits per heavy atom. The van der Waals surface area contributed by atoms with Crippen molar-refractivity contribution < 1.29 is 30.8 Å². The molecule has 4 aromatic carbocycles. The molecule has 0 radical (unpaired) electrons. The van der Waals surface area contributed by atoms with Crippen LogP contribution < -0.4 is 9.62 Å². The van der Waals surface area contributed by atoms with E-state index in [1.54, 1.807) is 37.3 Å². The van der Waals surface area contributed by atoms with Crippen molar-refractivity contribution in [3.05, 3.63) is 100 Å². The SMILES string of the molecule is CNC(=O)c1c(-c2ccc(F)cc2)oc2cc(N(C)S(C)(=O)=O)c(-c3cc(-c4nc5c(F)cccc5o4)cc(C(C)N=O)c3)cc12. The number of fused-ring (bicyclic) bond motifs is 2. The number of halogens is 2. The lowest BCUT2D eigenvalue weighted by molar-refractivity contribution is 0.0964. The summed E-state index contributed by atoms with van der Waals surface area (Å²) < 4.78 is 67.0. The predicted molar refractivity (Wildman–Crippen MR) is 171 cm³/mol. The normalized spacial score (nSPS) is 12.4. The summed E-state index contributed by atoms with van der Waals surface area (Å²) in [6, 6.07) is 17.0. The highest BCUT2D eigenvalue weighted by atomic mass is 32.2. The highest BCUT2D eigenvalue weighted by molar-refractivity contribution is 7.92. The van der Waals surface area contributed by atoms with Crippen LogP contribution in [0, 0.1) is 16.5 Å². The highest BCUT2D eigenvalue weighted by Gasteiger charge is 2.27. The first kappa shape index (κ1) is 30.6. The van der Waals surface area contributed by atoms with E-state index >= 15 is 0 Å². The standard InChI is InChI=1S/C33H26F2N4O6S/c1-17(38-41)19-12-20(14-21(13-19)33-37-30-25(35)6-5-7-27(30)45-33)23-15-24-28(16-26(23)39(3)46(4,42)43)44-31(29(24)32(40)36-2)18-8-10-22(34)11-9-18/h5-17H,1-4H3,(H,36,40). The molecule has 1 atom stereocenters. The predicted octanol–water partition coefficient (Wildman–Crippen LogP) is 7.44. The Morgan fingerprint density at radius 2 is 1.67 bits per heavy atom. The lowest BCUT2D eigenvalue weighted by atomic mass is 9.94. The van der Waals surface area contributed by atoms with Gasteiger partial charge in [-0.15, -0.1) is 0 Å². The molecule has 0 fully saturated rings. The van der Waals surface area contributed by atoms with E-state index in [0.29, 0.717) is 33.2 Å². The molecule has 0 saturated carbocycles. The number of aromatic nitrogens is 1. The molecule has 13 heteroatoms. The zero-order chi connectivity index (χ0) is 32.9. The molecule has 1 N–H and O–H groups in total. The average Bonchev–Trinajstić information content (AvgIpc) is 3.65. The van der Waals surface area contributed by atoms with Gasteiger partial charge in [0.15, 0.2) is 11.4 Å². The molecule has 0 saturated heterocycles. The second-order valence-corrected chi connectivity index (χ2v) is 12.7. The number of amides is 1. The van der Waals surface area contributed by atoms with Crippen molar-refractivity contribution >= 4 is 43.7 Å². The Kier molecular flexibility index (Phi) is 7.64. The number of para-hydroxylation sites is 1. The maximum absolute atomic E-state index is 14.5. The van der Waals surface area contributed by atoms with Crippen LogP contribution in [0.15, 0.2) is 86.8 Å². The molecule has 46 heavy (non-hydrogen) atoms. The number of furan rings is 1. The molecule has 0 bridgehead atoms. The van der Waals surface area contributed by atoms with Gasteiger partial charge in [-0.2, -0.15) is 4.91 Å². The summed E-state index contributed by atoms with van der Waals surface area (Å²) in [5, 5.41) is 6.11. The zero-order valence-corrected chi connectivity index (χ0v) is 25.8. The summed E-state index contributed by atoms with van der Waals surface area (Å²) in [5.74, 6) is -1.32. The number of anilines is 1. The van der Waals surface area contributed by atoms with Crippen LogP contribution in [0.2, 0.25) is 0 Å². The number of benzene rings is 4. The van der Waals surface area contributed by atoms with Crippen LogP contribution in [0.4, 0.5) is 14.5 Å². The molecule has 6 aromatic rings. The molecule has 1 unspecified atom stereocenters. The first-order valence-corrected chi connectivity index (χ1v) is 15.8. The Morgan fingerprint density at radius 1 is 0.957 bits per heavy atom. The molecule has 10 nitrogen and oxygen atoms in total. The van der Waals surface area contributed by atoms with Crippen LogP contribution in [0.3, 0.4) is 0 Å². The number of nitrogens with zero attached hydrogens (tertiary/aromatic N) is 3. The number of carbonyl (C=O) groups excluding carboxylic acids is 1. The maximum atomic E-state index is 14.5. The minimum Gasteiger partial charge on any atom is -0.455 e. The van der Waals surface area contributed by atoms with Gasteiger partial charge in [-0.25, -0.2) is 22.2 Å². The van der Waals surface area contributed by atoms with Gasteiger partial charge in [0.25, 0.3) is 5.91 Å². The van der Waals surface area contributed by atoms with Gasteiger partial charge >= 0.3 is 0 Å². The highest BCUT2D eigenvalue weighted by Crippen LogP contribution is 2.43. The monoisotopic (exact) mass is 644 g/mol. The number of carbonyl (C=O) groups is 1. The molecule has 1 amide bonds. The van der Waals surface area contributed by atoms with Crippen LogP contribution >= 0.6 is 0 Å². The Balaban J connectivity index is 1.67. The molecule has 0 aliphatic rings. The van der Waals surface area contributed by atoms with Crippen LogP contribution in [-0.4, -0.2) is 39.7 Å². The minimum atomic E-state index is -3.82. The van der Waals surface area contributed by atoms with Gasteiger partial charge in [-0.3, -0.25) is 9.10 Å². The van der Waals surface area contributed by atoms with Crippen molar-refractivity contribution in [1.82, 2.24) is 10.3 Å². The topological polar surface area (TPSA) is 135 Å². The van der Waals surface area contributed by atoms with E-state index in [2.05, 4.69) is 15.5 Å². The number of rotatable bonds is 8. The van der Waals surface area contributed by atoms with Gasteiger partial charge in [-0.05, 0) is 78.7 Å². The van der Waals surface area contributed by atoms with Gasteiger partial charge in [0, 0.05) is 42.2 Å². The van der Waals surface area contributed by atoms with Gasteiger partial charge in [0.1, 0.15) is 28.7 Å². The summed E-state index contributed by atoms with van der Waals surface area (Å²) in [5.41, 5.74) is 2.78. The summed E-state index contributed by atoms with van der Waals surface area (Å²) in [7, 11) is -1.00. The van der Waals surface area contributed by atoms with Crippen molar-refractivity contribution in [1.29, 1.82) is 0 Å². The van der Waals surface area contributed by atoms with Gasteiger partial charge in [-0.1, -0.05) is 11.2 Å². The summed E-state index contributed by atoms with van der Waals surface area (Å²) >= 11 is 0. The average molecular weight is 645 g/mol. The molecule has 2 aromatic heterocycles. The van der Waals surface area contributed by atoms with E-state index in [1.165, 1.54) is 56.6 Å². The molecule has 0 aliphatic carbocycles. The molecule has 0 aliphatic heterocycles. The van der Waals surface area contributed by atoms with E-state index < -0.39 is 33.6 Å². The van der Waals surface area contributed by atoms with Crippen LogP contribution in [0.1, 0.15) is 28.9 Å². The number of nitroso groups, excluding NO2 is 1. The number of sulfonamides is 1. The van der Waals surface area contributed by atoms with E-state index in [9.17, 15) is 26.9 Å². The number of nitrogens with one attached hydrogen (secondary N) is 1. The fourth-order valence-electron chi connectivity index (χ4n) is 5.23. The largest absolute Gasteiger partial charge is 0.455 e. The maximum Gasteiger partial charge on any atom is 0.255 e. The van der Waals surface area contributed by atoms with E-state index in [-0.39, 0.29) is 39.6 Å². The fourth-order valence-corrected chi connectivity index (χ4v) is 5.74. The Bertz CT molecular complexity index is 2280. The van der Waals surface area contributed by atoms with E-state index in [1.807, 2.05) is 0 Å². The Hall–Kier alpha value is -5.43. The Labute approximate surface area is 261 Å².